The van der Waals surface area contributed by atoms with Crippen LogP contribution in [0.4, 0.5) is 0 Å². The van der Waals surface area contributed by atoms with Crippen LogP contribution in [0, 0.1) is 6.92 Å². The van der Waals surface area contributed by atoms with Crippen molar-refractivity contribution in [2.24, 2.45) is 0 Å². The van der Waals surface area contributed by atoms with Gasteiger partial charge in [-0.25, -0.2) is 4.98 Å². The predicted octanol–water partition coefficient (Wildman–Crippen LogP) is 2.62. The van der Waals surface area contributed by atoms with Crippen LogP contribution in [0.1, 0.15) is 30.6 Å². The normalized spacial score (nSPS) is 17.0. The van der Waals surface area contributed by atoms with E-state index in [1.54, 1.807) is 0 Å². The minimum Gasteiger partial charge on any atom is -0.337 e. The molecule has 1 N–H and O–H groups in total. The summed E-state index contributed by atoms with van der Waals surface area (Å²) in [5, 5.41) is 11.5. The van der Waals surface area contributed by atoms with Gasteiger partial charge in [-0.1, -0.05) is 47.3 Å². The highest BCUT2D eigenvalue weighted by atomic mass is 32.2. The third kappa shape index (κ3) is 3.48. The second-order valence-corrected chi connectivity index (χ2v) is 7.00. The monoisotopic (exact) mass is 370 g/mol. The van der Waals surface area contributed by atoms with Crippen molar-refractivity contribution in [2.75, 3.05) is 12.3 Å². The fourth-order valence-electron chi connectivity index (χ4n) is 2.99. The van der Waals surface area contributed by atoms with Crippen LogP contribution in [0.15, 0.2) is 40.0 Å². The van der Waals surface area contributed by atoms with Crippen LogP contribution < -0.4 is 0 Å². The Bertz CT molecular complexity index is 894. The van der Waals surface area contributed by atoms with E-state index in [-0.39, 0.29) is 17.7 Å². The van der Waals surface area contributed by atoms with Crippen LogP contribution in [0.2, 0.25) is 0 Å². The maximum absolute atomic E-state index is 12.6. The third-order valence-electron chi connectivity index (χ3n) is 4.23. The van der Waals surface area contributed by atoms with Crippen molar-refractivity contribution >= 4 is 17.7 Å². The molecule has 1 atom stereocenters. The maximum atomic E-state index is 12.6. The molecule has 4 rings (SSSR count). The number of aryl methyl sites for hydroxylation is 1. The third-order valence-corrected chi connectivity index (χ3v) is 5.07. The second-order valence-electron chi connectivity index (χ2n) is 6.06. The molecule has 0 radical (unpaired) electrons. The number of benzene rings is 1. The van der Waals surface area contributed by atoms with E-state index >= 15 is 0 Å². The Balaban J connectivity index is 1.44. The average molecular weight is 370 g/mol. The van der Waals surface area contributed by atoms with E-state index in [2.05, 4.69) is 25.3 Å². The molecule has 26 heavy (non-hydrogen) atoms. The molecule has 1 saturated heterocycles. The molecule has 3 aromatic rings. The minimum absolute atomic E-state index is 0.0272. The van der Waals surface area contributed by atoms with Crippen molar-refractivity contribution in [3.05, 3.63) is 42.0 Å². The average Bonchev–Trinajstić information content (AvgIpc) is 3.40. The Morgan fingerprint density at radius 2 is 2.19 bits per heavy atom. The van der Waals surface area contributed by atoms with Crippen LogP contribution in [0.3, 0.4) is 0 Å². The van der Waals surface area contributed by atoms with E-state index in [9.17, 15) is 4.79 Å². The first kappa shape index (κ1) is 16.8. The Hall–Kier alpha value is -2.68. The number of aromatic amines is 1. The lowest BCUT2D eigenvalue weighted by atomic mass is 10.2. The highest BCUT2D eigenvalue weighted by Gasteiger charge is 2.34. The van der Waals surface area contributed by atoms with Gasteiger partial charge < -0.3 is 9.42 Å². The topological polar surface area (TPSA) is 101 Å². The summed E-state index contributed by atoms with van der Waals surface area (Å²) in [5.74, 6) is 2.09. The quantitative estimate of drug-likeness (QED) is 0.689. The number of rotatable bonds is 5. The van der Waals surface area contributed by atoms with Crippen LogP contribution >= 0.6 is 11.8 Å². The maximum Gasteiger partial charge on any atom is 0.249 e. The summed E-state index contributed by atoms with van der Waals surface area (Å²) in [6.45, 7) is 2.52. The summed E-state index contributed by atoms with van der Waals surface area (Å²) >= 11 is 1.32. The van der Waals surface area contributed by atoms with E-state index in [1.165, 1.54) is 11.8 Å². The van der Waals surface area contributed by atoms with Crippen molar-refractivity contribution in [2.45, 2.75) is 31.0 Å². The van der Waals surface area contributed by atoms with Crippen molar-refractivity contribution in [3.8, 4) is 11.4 Å². The number of amides is 1. The number of likely N-dealkylation sites (tertiary alicyclic amines) is 1. The Morgan fingerprint density at radius 3 is 2.96 bits per heavy atom. The number of carbonyl (C=O) groups excluding carboxylic acids is 1. The molecule has 0 bridgehead atoms. The molecule has 1 aliphatic heterocycles. The molecule has 1 amide bonds. The molecule has 2 aromatic heterocycles. The predicted molar refractivity (Wildman–Crippen MR) is 95.3 cm³/mol. The van der Waals surface area contributed by atoms with Gasteiger partial charge in [0.1, 0.15) is 11.9 Å². The summed E-state index contributed by atoms with van der Waals surface area (Å²) in [5.41, 5.74) is 0.897. The van der Waals surface area contributed by atoms with Gasteiger partial charge in [0.2, 0.25) is 22.8 Å². The van der Waals surface area contributed by atoms with E-state index in [1.807, 2.05) is 42.2 Å². The molecular weight excluding hydrogens is 352 g/mol. The smallest absolute Gasteiger partial charge is 0.249 e. The molecule has 1 aliphatic rings. The van der Waals surface area contributed by atoms with Crippen molar-refractivity contribution in [1.29, 1.82) is 0 Å². The summed E-state index contributed by atoms with van der Waals surface area (Å²) in [7, 11) is 0. The van der Waals surface area contributed by atoms with Gasteiger partial charge in [0, 0.05) is 12.1 Å². The van der Waals surface area contributed by atoms with Crippen molar-refractivity contribution in [1.82, 2.24) is 30.2 Å². The van der Waals surface area contributed by atoms with Crippen LogP contribution in [-0.2, 0) is 4.79 Å². The summed E-state index contributed by atoms with van der Waals surface area (Å²) in [6.07, 6.45) is 1.75. The van der Waals surface area contributed by atoms with Gasteiger partial charge >= 0.3 is 0 Å². The molecule has 3 heterocycles. The molecule has 1 aromatic carbocycles. The first-order valence-corrected chi connectivity index (χ1v) is 9.39. The highest BCUT2D eigenvalue weighted by molar-refractivity contribution is 7.99. The van der Waals surface area contributed by atoms with Gasteiger partial charge in [-0.3, -0.25) is 9.89 Å². The molecule has 0 unspecified atom stereocenters. The zero-order valence-electron chi connectivity index (χ0n) is 14.3. The number of nitrogens with one attached hydrogen (secondary N) is 1. The number of hydrogen-bond donors (Lipinski definition) is 1. The van der Waals surface area contributed by atoms with Crippen molar-refractivity contribution < 1.29 is 9.32 Å². The zero-order chi connectivity index (χ0) is 17.9. The summed E-state index contributed by atoms with van der Waals surface area (Å²) in [6, 6.07) is 9.50. The number of thioether (sulfide) groups is 1. The van der Waals surface area contributed by atoms with Gasteiger partial charge in [-0.15, -0.1) is 5.10 Å². The van der Waals surface area contributed by atoms with Gasteiger partial charge in [0.15, 0.2) is 0 Å². The standard InChI is InChI=1S/C17H18N6O2S/c1-11-18-17(21-20-11)26-10-14(24)23-9-5-8-13(23)16-19-15(22-25-16)12-6-3-2-4-7-12/h2-4,6-7,13H,5,8-10H2,1H3,(H,18,20,21)/t13-/m1/s1. The molecule has 0 aliphatic carbocycles. The molecule has 8 nitrogen and oxygen atoms in total. The largest absolute Gasteiger partial charge is 0.337 e. The SMILES string of the molecule is Cc1nc(SCC(=O)N2CCC[C@@H]2c2nc(-c3ccccc3)no2)n[nH]1. The number of aromatic nitrogens is 5. The molecule has 134 valence electrons. The minimum atomic E-state index is -0.165. The Kier molecular flexibility index (Phi) is 4.70. The summed E-state index contributed by atoms with van der Waals surface area (Å²) in [4.78, 5) is 23.2. The number of carbonyl (C=O) groups is 1. The molecular formula is C17H18N6O2S. The summed E-state index contributed by atoms with van der Waals surface area (Å²) < 4.78 is 5.46. The highest BCUT2D eigenvalue weighted by Crippen LogP contribution is 2.32. The lowest BCUT2D eigenvalue weighted by Gasteiger charge is -2.21. The van der Waals surface area contributed by atoms with Gasteiger partial charge in [-0.05, 0) is 19.8 Å². The van der Waals surface area contributed by atoms with E-state index in [4.69, 9.17) is 4.52 Å². The number of H-pyrrole nitrogens is 1. The fourth-order valence-corrected chi connectivity index (χ4v) is 3.72. The van der Waals surface area contributed by atoms with Crippen LogP contribution in [0.5, 0.6) is 0 Å². The number of hydrogen-bond acceptors (Lipinski definition) is 7. The van der Waals surface area contributed by atoms with E-state index in [0.717, 1.165) is 24.2 Å². The first-order valence-electron chi connectivity index (χ1n) is 8.41. The molecule has 9 heteroatoms. The zero-order valence-corrected chi connectivity index (χ0v) is 15.1. The van der Waals surface area contributed by atoms with Gasteiger partial charge in [-0.2, -0.15) is 4.98 Å². The lowest BCUT2D eigenvalue weighted by molar-refractivity contribution is -0.129. The van der Waals surface area contributed by atoms with Gasteiger partial charge in [0.05, 0.1) is 5.75 Å². The van der Waals surface area contributed by atoms with E-state index < -0.39 is 0 Å². The Labute approximate surface area is 154 Å². The fraction of sp³-hybridized carbons (Fsp3) is 0.353. The Morgan fingerprint density at radius 1 is 1.35 bits per heavy atom. The molecule has 0 spiro atoms. The first-order chi connectivity index (χ1) is 12.7. The van der Waals surface area contributed by atoms with Gasteiger partial charge in [0.25, 0.3) is 0 Å². The number of nitrogens with zero attached hydrogens (tertiary/aromatic N) is 5. The second kappa shape index (κ2) is 7.28. The van der Waals surface area contributed by atoms with Crippen LogP contribution in [-0.4, -0.2) is 48.4 Å². The lowest BCUT2D eigenvalue weighted by Crippen LogP contribution is -2.32. The van der Waals surface area contributed by atoms with E-state index in [0.29, 0.717) is 23.4 Å². The molecule has 0 saturated carbocycles. The van der Waals surface area contributed by atoms with Crippen LogP contribution in [0.25, 0.3) is 11.4 Å². The molecule has 1 fully saturated rings. The van der Waals surface area contributed by atoms with Crippen molar-refractivity contribution in [3.63, 3.8) is 0 Å².